The van der Waals surface area contributed by atoms with Crippen LogP contribution in [0.25, 0.3) is 11.1 Å². The number of rotatable bonds is 4. The quantitative estimate of drug-likeness (QED) is 0.725. The molecule has 0 bridgehead atoms. The molecule has 4 heteroatoms. The molecule has 0 saturated carbocycles. The van der Waals surface area contributed by atoms with Crippen molar-refractivity contribution in [3.05, 3.63) is 71.5 Å². The van der Waals surface area contributed by atoms with E-state index in [2.05, 4.69) is 17.2 Å². The summed E-state index contributed by atoms with van der Waals surface area (Å²) in [7, 11) is 0. The van der Waals surface area contributed by atoms with E-state index in [9.17, 15) is 5.11 Å². The van der Waals surface area contributed by atoms with Crippen LogP contribution < -0.4 is 5.73 Å². The maximum atomic E-state index is 10.3. The summed E-state index contributed by atoms with van der Waals surface area (Å²) in [5.41, 5.74) is 11.4. The Balaban J connectivity index is 2.08. The van der Waals surface area contributed by atoms with E-state index in [0.717, 1.165) is 33.8 Å². The van der Waals surface area contributed by atoms with Gasteiger partial charge in [-0.3, -0.25) is 4.68 Å². The first kappa shape index (κ1) is 15.3. The molecule has 0 aliphatic carbocycles. The fourth-order valence-electron chi connectivity index (χ4n) is 2.91. The van der Waals surface area contributed by atoms with Gasteiger partial charge in [-0.15, -0.1) is 0 Å². The lowest BCUT2D eigenvalue weighted by Crippen LogP contribution is -2.09. The Labute approximate surface area is 136 Å². The van der Waals surface area contributed by atoms with E-state index in [-0.39, 0.29) is 0 Å². The van der Waals surface area contributed by atoms with Crippen LogP contribution in [0.5, 0.6) is 0 Å². The predicted octanol–water partition coefficient (Wildman–Crippen LogP) is 3.54. The maximum absolute atomic E-state index is 10.3. The van der Waals surface area contributed by atoms with Crippen molar-refractivity contribution in [1.29, 1.82) is 0 Å². The van der Waals surface area contributed by atoms with E-state index in [1.807, 2.05) is 54.1 Å². The number of aryl methyl sites for hydroxylation is 1. The molecule has 23 heavy (non-hydrogen) atoms. The standard InChI is InChI=1S/C19H21N3O/c1-13-18(16-8-10-17(20)11-9-16)19(14(2)23)22(21-13)12-15-6-4-3-5-7-15/h3-11,14,23H,12,20H2,1-2H3. The summed E-state index contributed by atoms with van der Waals surface area (Å²) in [5, 5.41) is 15.0. The molecule has 0 spiro atoms. The highest BCUT2D eigenvalue weighted by Gasteiger charge is 2.20. The number of nitrogen functional groups attached to an aromatic ring is 1. The average Bonchev–Trinajstić information content (AvgIpc) is 2.85. The molecule has 0 aliphatic rings. The van der Waals surface area contributed by atoms with Gasteiger partial charge in [-0.25, -0.2) is 0 Å². The summed E-state index contributed by atoms with van der Waals surface area (Å²) < 4.78 is 1.89. The van der Waals surface area contributed by atoms with Gasteiger partial charge in [0, 0.05) is 11.3 Å². The van der Waals surface area contributed by atoms with Crippen LogP contribution in [0.1, 0.15) is 30.0 Å². The molecule has 0 aliphatic heterocycles. The van der Waals surface area contributed by atoms with Gasteiger partial charge in [-0.2, -0.15) is 5.10 Å². The predicted molar refractivity (Wildman–Crippen MR) is 93.0 cm³/mol. The average molecular weight is 307 g/mol. The Hall–Kier alpha value is -2.59. The zero-order valence-electron chi connectivity index (χ0n) is 13.4. The Morgan fingerprint density at radius 1 is 1.09 bits per heavy atom. The number of hydrogen-bond acceptors (Lipinski definition) is 3. The number of aliphatic hydroxyl groups is 1. The molecule has 1 heterocycles. The number of aromatic nitrogens is 2. The lowest BCUT2D eigenvalue weighted by atomic mass is 10.0. The summed E-state index contributed by atoms with van der Waals surface area (Å²) in [4.78, 5) is 0. The second-order valence-corrected chi connectivity index (χ2v) is 5.79. The number of hydrogen-bond donors (Lipinski definition) is 2. The second-order valence-electron chi connectivity index (χ2n) is 5.79. The highest BCUT2D eigenvalue weighted by atomic mass is 16.3. The number of anilines is 1. The molecule has 118 valence electrons. The molecule has 0 fully saturated rings. The molecule has 0 amide bonds. The van der Waals surface area contributed by atoms with Crippen molar-refractivity contribution < 1.29 is 5.11 Å². The molecular formula is C19H21N3O. The van der Waals surface area contributed by atoms with Gasteiger partial charge in [0.05, 0.1) is 24.0 Å². The third kappa shape index (κ3) is 3.12. The molecule has 1 unspecified atom stereocenters. The number of nitrogens with two attached hydrogens (primary N) is 1. The van der Waals surface area contributed by atoms with Crippen LogP contribution in [0.3, 0.4) is 0 Å². The Kier molecular flexibility index (Phi) is 4.17. The van der Waals surface area contributed by atoms with E-state index >= 15 is 0 Å². The summed E-state index contributed by atoms with van der Waals surface area (Å²) in [6, 6.07) is 17.8. The first-order valence-corrected chi connectivity index (χ1v) is 7.71. The van der Waals surface area contributed by atoms with Crippen molar-refractivity contribution in [1.82, 2.24) is 9.78 Å². The summed E-state index contributed by atoms with van der Waals surface area (Å²) >= 11 is 0. The van der Waals surface area contributed by atoms with Crippen LogP contribution in [0, 0.1) is 6.92 Å². The second kappa shape index (κ2) is 6.26. The van der Waals surface area contributed by atoms with Crippen molar-refractivity contribution in [2.24, 2.45) is 0 Å². The first-order chi connectivity index (χ1) is 11.1. The maximum Gasteiger partial charge on any atom is 0.0935 e. The minimum atomic E-state index is -0.604. The number of nitrogens with zero attached hydrogens (tertiary/aromatic N) is 2. The summed E-state index contributed by atoms with van der Waals surface area (Å²) in [6.45, 7) is 4.38. The van der Waals surface area contributed by atoms with E-state index in [4.69, 9.17) is 5.73 Å². The van der Waals surface area contributed by atoms with E-state index in [1.54, 1.807) is 6.92 Å². The van der Waals surface area contributed by atoms with Crippen molar-refractivity contribution >= 4 is 5.69 Å². The SMILES string of the molecule is Cc1nn(Cc2ccccc2)c(C(C)O)c1-c1ccc(N)cc1. The zero-order chi connectivity index (χ0) is 16.4. The Morgan fingerprint density at radius 2 is 1.74 bits per heavy atom. The van der Waals surface area contributed by atoms with Gasteiger partial charge in [0.1, 0.15) is 0 Å². The van der Waals surface area contributed by atoms with Gasteiger partial charge >= 0.3 is 0 Å². The third-order valence-corrected chi connectivity index (χ3v) is 3.94. The van der Waals surface area contributed by atoms with Crippen molar-refractivity contribution in [3.8, 4) is 11.1 Å². The van der Waals surface area contributed by atoms with Crippen molar-refractivity contribution in [2.45, 2.75) is 26.5 Å². The highest BCUT2D eigenvalue weighted by molar-refractivity contribution is 5.70. The molecule has 0 saturated heterocycles. The molecule has 1 atom stereocenters. The molecule has 3 rings (SSSR count). The van der Waals surface area contributed by atoms with Crippen LogP contribution in [0.15, 0.2) is 54.6 Å². The monoisotopic (exact) mass is 307 g/mol. The summed E-state index contributed by atoms with van der Waals surface area (Å²) in [5.74, 6) is 0. The molecule has 3 N–H and O–H groups in total. The van der Waals surface area contributed by atoms with Crippen LogP contribution in [-0.4, -0.2) is 14.9 Å². The van der Waals surface area contributed by atoms with Crippen LogP contribution in [0.2, 0.25) is 0 Å². The van der Waals surface area contributed by atoms with Gasteiger partial charge in [-0.05, 0) is 37.1 Å². The summed E-state index contributed by atoms with van der Waals surface area (Å²) in [6.07, 6.45) is -0.604. The van der Waals surface area contributed by atoms with Gasteiger partial charge < -0.3 is 10.8 Å². The van der Waals surface area contributed by atoms with Gasteiger partial charge in [-0.1, -0.05) is 42.5 Å². The van der Waals surface area contributed by atoms with Crippen molar-refractivity contribution in [2.75, 3.05) is 5.73 Å². The zero-order valence-corrected chi connectivity index (χ0v) is 13.4. The van der Waals surface area contributed by atoms with E-state index < -0.39 is 6.10 Å². The largest absolute Gasteiger partial charge is 0.399 e. The molecule has 1 aromatic heterocycles. The molecule has 2 aromatic carbocycles. The van der Waals surface area contributed by atoms with Gasteiger partial charge in [0.2, 0.25) is 0 Å². The number of aliphatic hydroxyl groups excluding tert-OH is 1. The van der Waals surface area contributed by atoms with Crippen molar-refractivity contribution in [3.63, 3.8) is 0 Å². The fraction of sp³-hybridized carbons (Fsp3) is 0.211. The molecular weight excluding hydrogens is 286 g/mol. The van der Waals surface area contributed by atoms with E-state index in [1.165, 1.54) is 0 Å². The Bertz CT molecular complexity index is 789. The fourth-order valence-corrected chi connectivity index (χ4v) is 2.91. The lowest BCUT2D eigenvalue weighted by molar-refractivity contribution is 0.188. The van der Waals surface area contributed by atoms with Gasteiger partial charge in [0.15, 0.2) is 0 Å². The topological polar surface area (TPSA) is 64.1 Å². The molecule has 3 aromatic rings. The van der Waals surface area contributed by atoms with Crippen LogP contribution in [-0.2, 0) is 6.54 Å². The normalized spacial score (nSPS) is 12.3. The third-order valence-electron chi connectivity index (χ3n) is 3.94. The minimum absolute atomic E-state index is 0.604. The number of benzene rings is 2. The minimum Gasteiger partial charge on any atom is -0.399 e. The lowest BCUT2D eigenvalue weighted by Gasteiger charge is -2.13. The van der Waals surface area contributed by atoms with Crippen LogP contribution >= 0.6 is 0 Å². The Morgan fingerprint density at radius 3 is 2.35 bits per heavy atom. The highest BCUT2D eigenvalue weighted by Crippen LogP contribution is 2.32. The van der Waals surface area contributed by atoms with Crippen LogP contribution in [0.4, 0.5) is 5.69 Å². The van der Waals surface area contributed by atoms with Gasteiger partial charge in [0.25, 0.3) is 0 Å². The first-order valence-electron chi connectivity index (χ1n) is 7.71. The molecule has 4 nitrogen and oxygen atoms in total. The smallest absolute Gasteiger partial charge is 0.0935 e. The molecule has 0 radical (unpaired) electrons. The van der Waals surface area contributed by atoms with E-state index in [0.29, 0.717) is 6.54 Å².